The van der Waals surface area contributed by atoms with Gasteiger partial charge in [-0.1, -0.05) is 12.1 Å². The van der Waals surface area contributed by atoms with Crippen molar-refractivity contribution >= 4 is 0 Å². The van der Waals surface area contributed by atoms with Gasteiger partial charge >= 0.3 is 0 Å². The topological polar surface area (TPSA) is 53.1 Å². The summed E-state index contributed by atoms with van der Waals surface area (Å²) in [6, 6.07) is 8.16. The second kappa shape index (κ2) is 6.09. The van der Waals surface area contributed by atoms with Crippen molar-refractivity contribution in [1.82, 2.24) is 9.78 Å². The molecule has 0 unspecified atom stereocenters. The number of hydrogen-bond donors (Lipinski definition) is 1. The van der Waals surface area contributed by atoms with Gasteiger partial charge in [0.2, 0.25) is 0 Å². The van der Waals surface area contributed by atoms with Crippen LogP contribution < -0.4 is 10.5 Å². The molecule has 0 aliphatic rings. The summed E-state index contributed by atoms with van der Waals surface area (Å²) >= 11 is 0. The Hall–Kier alpha value is -1.81. The summed E-state index contributed by atoms with van der Waals surface area (Å²) in [7, 11) is 0. The largest absolute Gasteiger partial charge is 0.487 e. The summed E-state index contributed by atoms with van der Waals surface area (Å²) in [5.41, 5.74) is 10.3. The van der Waals surface area contributed by atoms with E-state index in [0.29, 0.717) is 6.61 Å². The van der Waals surface area contributed by atoms with Gasteiger partial charge in [-0.05, 0) is 45.4 Å². The first-order valence-corrected chi connectivity index (χ1v) is 7.03. The van der Waals surface area contributed by atoms with Gasteiger partial charge in [0.15, 0.2) is 0 Å². The molecule has 2 N–H and O–H groups in total. The molecular weight excluding hydrogens is 250 g/mol. The van der Waals surface area contributed by atoms with Gasteiger partial charge in [-0.15, -0.1) is 0 Å². The fraction of sp³-hybridized carbons (Fsp3) is 0.438. The van der Waals surface area contributed by atoms with Crippen molar-refractivity contribution < 1.29 is 4.74 Å². The van der Waals surface area contributed by atoms with E-state index >= 15 is 0 Å². The van der Waals surface area contributed by atoms with E-state index in [0.717, 1.165) is 29.2 Å². The van der Waals surface area contributed by atoms with Crippen LogP contribution in [0, 0.1) is 13.8 Å². The van der Waals surface area contributed by atoms with Gasteiger partial charge in [0, 0.05) is 18.2 Å². The number of rotatable bonds is 5. The van der Waals surface area contributed by atoms with Crippen molar-refractivity contribution in [3.63, 3.8) is 0 Å². The highest BCUT2D eigenvalue weighted by Gasteiger charge is 2.10. The molecule has 0 aliphatic heterocycles. The molecule has 0 spiro atoms. The average Bonchev–Trinajstić information content (AvgIpc) is 2.76. The van der Waals surface area contributed by atoms with Gasteiger partial charge in [0.25, 0.3) is 0 Å². The Kier molecular flexibility index (Phi) is 4.45. The minimum Gasteiger partial charge on any atom is -0.487 e. The van der Waals surface area contributed by atoms with Crippen molar-refractivity contribution in [3.05, 3.63) is 46.8 Å². The highest BCUT2D eigenvalue weighted by Crippen LogP contribution is 2.26. The lowest BCUT2D eigenvalue weighted by Gasteiger charge is -2.15. The predicted octanol–water partition coefficient (Wildman–Crippen LogP) is 3.12. The third-order valence-corrected chi connectivity index (χ3v) is 3.32. The maximum absolute atomic E-state index is 6.00. The molecule has 108 valence electrons. The molecule has 4 nitrogen and oxygen atoms in total. The highest BCUT2D eigenvalue weighted by molar-refractivity contribution is 5.39. The Bertz CT molecular complexity index is 587. The fourth-order valence-electron chi connectivity index (χ4n) is 2.28. The second-order valence-corrected chi connectivity index (χ2v) is 5.21. The molecule has 1 aromatic carbocycles. The van der Waals surface area contributed by atoms with Crippen molar-refractivity contribution in [2.24, 2.45) is 5.73 Å². The van der Waals surface area contributed by atoms with Gasteiger partial charge in [0.1, 0.15) is 12.4 Å². The van der Waals surface area contributed by atoms with Crippen LogP contribution in [0.15, 0.2) is 24.3 Å². The molecule has 1 heterocycles. The van der Waals surface area contributed by atoms with Crippen LogP contribution in [0.1, 0.15) is 42.4 Å². The number of aromatic nitrogens is 2. The van der Waals surface area contributed by atoms with E-state index in [1.165, 1.54) is 5.56 Å². The van der Waals surface area contributed by atoms with Gasteiger partial charge in [0.05, 0.1) is 11.4 Å². The molecule has 0 amide bonds. The standard InChI is InChI=1S/C16H23N3O/c1-5-19-14(9-12(3)18-19)10-20-16-8-11(2)6-7-15(16)13(4)17/h6-9,13H,5,10,17H2,1-4H3/t13-/m0/s1. The summed E-state index contributed by atoms with van der Waals surface area (Å²) in [5, 5.41) is 4.43. The summed E-state index contributed by atoms with van der Waals surface area (Å²) < 4.78 is 7.95. The lowest BCUT2D eigenvalue weighted by molar-refractivity contribution is 0.288. The monoisotopic (exact) mass is 273 g/mol. The van der Waals surface area contributed by atoms with Gasteiger partial charge in [-0.2, -0.15) is 5.10 Å². The van der Waals surface area contributed by atoms with Crippen molar-refractivity contribution in [3.8, 4) is 5.75 Å². The third-order valence-electron chi connectivity index (χ3n) is 3.32. The predicted molar refractivity (Wildman–Crippen MR) is 80.8 cm³/mol. The Morgan fingerprint density at radius 1 is 1.30 bits per heavy atom. The van der Waals surface area contributed by atoms with E-state index in [2.05, 4.69) is 31.1 Å². The third kappa shape index (κ3) is 3.20. The highest BCUT2D eigenvalue weighted by atomic mass is 16.5. The first-order chi connectivity index (χ1) is 9.51. The molecule has 4 heteroatoms. The van der Waals surface area contributed by atoms with Crippen LogP contribution in [-0.2, 0) is 13.2 Å². The zero-order valence-electron chi connectivity index (χ0n) is 12.7. The van der Waals surface area contributed by atoms with Gasteiger partial charge < -0.3 is 10.5 Å². The SMILES string of the molecule is CCn1nc(C)cc1COc1cc(C)ccc1[C@H](C)N. The minimum atomic E-state index is -0.0385. The zero-order chi connectivity index (χ0) is 14.7. The number of aryl methyl sites for hydroxylation is 3. The molecule has 2 aromatic rings. The molecule has 0 radical (unpaired) electrons. The fourth-order valence-corrected chi connectivity index (χ4v) is 2.28. The Labute approximate surface area is 120 Å². The lowest BCUT2D eigenvalue weighted by Crippen LogP contribution is -2.10. The molecule has 0 aliphatic carbocycles. The zero-order valence-corrected chi connectivity index (χ0v) is 12.7. The number of benzene rings is 1. The van der Waals surface area contributed by atoms with Crippen LogP contribution >= 0.6 is 0 Å². The van der Waals surface area contributed by atoms with E-state index in [1.807, 2.05) is 30.7 Å². The molecule has 1 aromatic heterocycles. The number of nitrogens with zero attached hydrogens (tertiary/aromatic N) is 2. The van der Waals surface area contributed by atoms with Crippen LogP contribution in [0.3, 0.4) is 0 Å². The van der Waals surface area contributed by atoms with Gasteiger partial charge in [-0.3, -0.25) is 4.68 Å². The molecule has 0 bridgehead atoms. The summed E-state index contributed by atoms with van der Waals surface area (Å²) in [5.74, 6) is 0.863. The van der Waals surface area contributed by atoms with E-state index < -0.39 is 0 Å². The van der Waals surface area contributed by atoms with Crippen LogP contribution in [0.4, 0.5) is 0 Å². The molecular formula is C16H23N3O. The van der Waals surface area contributed by atoms with Crippen LogP contribution in [-0.4, -0.2) is 9.78 Å². The van der Waals surface area contributed by atoms with Crippen LogP contribution in [0.25, 0.3) is 0 Å². The summed E-state index contributed by atoms with van der Waals surface area (Å²) in [4.78, 5) is 0. The van der Waals surface area contributed by atoms with Crippen molar-refractivity contribution in [1.29, 1.82) is 0 Å². The Balaban J connectivity index is 2.20. The van der Waals surface area contributed by atoms with E-state index in [-0.39, 0.29) is 6.04 Å². The minimum absolute atomic E-state index is 0.0385. The van der Waals surface area contributed by atoms with Gasteiger partial charge in [-0.25, -0.2) is 0 Å². The second-order valence-electron chi connectivity index (χ2n) is 5.21. The first kappa shape index (κ1) is 14.6. The van der Waals surface area contributed by atoms with E-state index in [4.69, 9.17) is 10.5 Å². The smallest absolute Gasteiger partial charge is 0.130 e. The molecule has 0 fully saturated rings. The summed E-state index contributed by atoms with van der Waals surface area (Å²) in [6.45, 7) is 9.46. The normalized spacial score (nSPS) is 12.4. The molecule has 2 rings (SSSR count). The molecule has 0 saturated heterocycles. The van der Waals surface area contributed by atoms with Crippen LogP contribution in [0.2, 0.25) is 0 Å². The average molecular weight is 273 g/mol. The lowest BCUT2D eigenvalue weighted by atomic mass is 10.1. The Morgan fingerprint density at radius 3 is 2.70 bits per heavy atom. The number of ether oxygens (including phenoxy) is 1. The van der Waals surface area contributed by atoms with Crippen LogP contribution in [0.5, 0.6) is 5.75 Å². The number of hydrogen-bond acceptors (Lipinski definition) is 3. The van der Waals surface area contributed by atoms with Crippen molar-refractivity contribution in [2.75, 3.05) is 0 Å². The first-order valence-electron chi connectivity index (χ1n) is 7.03. The maximum atomic E-state index is 6.00. The van der Waals surface area contributed by atoms with E-state index in [1.54, 1.807) is 0 Å². The molecule has 1 atom stereocenters. The number of nitrogens with two attached hydrogens (primary N) is 1. The molecule has 0 saturated carbocycles. The van der Waals surface area contributed by atoms with Crippen molar-refractivity contribution in [2.45, 2.75) is 46.9 Å². The molecule has 20 heavy (non-hydrogen) atoms. The van der Waals surface area contributed by atoms with E-state index in [9.17, 15) is 0 Å². The summed E-state index contributed by atoms with van der Waals surface area (Å²) in [6.07, 6.45) is 0. The Morgan fingerprint density at radius 2 is 2.05 bits per heavy atom. The maximum Gasteiger partial charge on any atom is 0.130 e. The quantitative estimate of drug-likeness (QED) is 0.910.